The number of ether oxygens (including phenoxy) is 3. The minimum atomic E-state index is -0.525. The van der Waals surface area contributed by atoms with E-state index in [9.17, 15) is 14.9 Å². The van der Waals surface area contributed by atoms with E-state index in [1.54, 1.807) is 9.47 Å². The predicted molar refractivity (Wildman–Crippen MR) is 133 cm³/mol. The van der Waals surface area contributed by atoms with Crippen LogP contribution < -0.4 is 9.47 Å². The molecule has 1 aromatic heterocycles. The van der Waals surface area contributed by atoms with Crippen molar-refractivity contribution in [3.8, 4) is 11.8 Å². The number of benzene rings is 1. The highest BCUT2D eigenvalue weighted by Gasteiger charge is 2.28. The first-order valence-corrected chi connectivity index (χ1v) is 12.1. The van der Waals surface area contributed by atoms with Crippen LogP contribution in [0.5, 0.6) is 11.8 Å². The molecule has 36 heavy (non-hydrogen) atoms. The summed E-state index contributed by atoms with van der Waals surface area (Å²) in [6, 6.07) is 8.06. The highest BCUT2D eigenvalue weighted by Crippen LogP contribution is 2.24. The first-order chi connectivity index (χ1) is 17.2. The number of carbonyl (C=O) groups excluding carboxylic acids is 1. The summed E-state index contributed by atoms with van der Waals surface area (Å²) in [5.74, 6) is 0.521. The number of amides is 1. The molecule has 11 nitrogen and oxygen atoms in total. The van der Waals surface area contributed by atoms with Gasteiger partial charge in [-0.15, -0.1) is 0 Å². The number of piperazine rings is 1. The van der Waals surface area contributed by atoms with Gasteiger partial charge in [0.1, 0.15) is 30.3 Å². The van der Waals surface area contributed by atoms with Gasteiger partial charge in [0.15, 0.2) is 0 Å². The van der Waals surface area contributed by atoms with Gasteiger partial charge >= 0.3 is 17.9 Å². The summed E-state index contributed by atoms with van der Waals surface area (Å²) in [6.45, 7) is 10.3. The summed E-state index contributed by atoms with van der Waals surface area (Å²) in [5, 5.41) is 10.9. The number of aryl methyl sites for hydroxylation is 1. The maximum Gasteiger partial charge on any atom is 0.414 e. The molecule has 1 aromatic carbocycles. The number of fused-ring (bicyclic) bond motifs is 1. The van der Waals surface area contributed by atoms with Crippen molar-refractivity contribution in [1.29, 1.82) is 0 Å². The van der Waals surface area contributed by atoms with Crippen LogP contribution in [0, 0.1) is 10.1 Å². The zero-order valence-electron chi connectivity index (χ0n) is 21.0. The highest BCUT2D eigenvalue weighted by atomic mass is 16.6. The van der Waals surface area contributed by atoms with Gasteiger partial charge < -0.3 is 29.2 Å². The van der Waals surface area contributed by atoms with E-state index >= 15 is 0 Å². The Bertz CT molecular complexity index is 1080. The van der Waals surface area contributed by atoms with E-state index in [1.165, 1.54) is 6.20 Å². The van der Waals surface area contributed by atoms with Gasteiger partial charge in [-0.25, -0.2) is 4.79 Å². The Morgan fingerprint density at radius 3 is 2.58 bits per heavy atom. The van der Waals surface area contributed by atoms with Crippen LogP contribution in [0.1, 0.15) is 32.8 Å². The molecule has 0 bridgehead atoms. The van der Waals surface area contributed by atoms with Crippen molar-refractivity contribution in [3.63, 3.8) is 0 Å². The number of carbonyl (C=O) groups is 1. The summed E-state index contributed by atoms with van der Waals surface area (Å²) >= 11 is 0. The van der Waals surface area contributed by atoms with Crippen LogP contribution >= 0.6 is 0 Å². The fourth-order valence-electron chi connectivity index (χ4n) is 3.98. The van der Waals surface area contributed by atoms with Crippen LogP contribution in [0.3, 0.4) is 0 Å². The summed E-state index contributed by atoms with van der Waals surface area (Å²) in [5.41, 5.74) is 0.592. The Morgan fingerprint density at radius 2 is 1.92 bits per heavy atom. The monoisotopic (exact) mass is 499 g/mol. The number of nitro groups is 1. The Morgan fingerprint density at radius 1 is 1.19 bits per heavy atom. The smallest absolute Gasteiger partial charge is 0.414 e. The Balaban J connectivity index is 1.17. The van der Waals surface area contributed by atoms with Gasteiger partial charge in [0.2, 0.25) is 0 Å². The molecule has 194 valence electrons. The number of nitrogens with zero attached hydrogens (tertiary/aromatic N) is 5. The molecule has 4 rings (SSSR count). The van der Waals surface area contributed by atoms with Gasteiger partial charge in [0.05, 0.1) is 0 Å². The first kappa shape index (κ1) is 25.5. The van der Waals surface area contributed by atoms with E-state index in [4.69, 9.17) is 14.2 Å². The molecule has 1 saturated heterocycles. The van der Waals surface area contributed by atoms with Crippen molar-refractivity contribution in [2.45, 2.75) is 45.4 Å². The summed E-state index contributed by atoms with van der Waals surface area (Å²) in [4.78, 5) is 30.5. The van der Waals surface area contributed by atoms with Crippen molar-refractivity contribution < 1.29 is 23.9 Å². The second-order valence-electron chi connectivity index (χ2n) is 9.91. The van der Waals surface area contributed by atoms with Gasteiger partial charge in [-0.05, 0) is 43.4 Å². The standard InChI is InChI=1S/C25H33N5O6/c1-25(2,3)36-24(31)28-15-13-27(14-16-28)11-4-5-19-6-8-20(9-7-19)34-18-21-10-12-29-17-22(30(32)33)26-23(29)35-21/h4-9,17,21H,10-16,18H2,1-3H3/t21-/m1/s1. The molecule has 0 N–H and O–H groups in total. The van der Waals surface area contributed by atoms with Crippen LogP contribution in [-0.4, -0.2) is 81.4 Å². The topological polar surface area (TPSA) is 112 Å². The largest absolute Gasteiger partial charge is 0.490 e. The van der Waals surface area contributed by atoms with E-state index in [0.29, 0.717) is 32.7 Å². The van der Waals surface area contributed by atoms with Gasteiger partial charge in [-0.1, -0.05) is 24.3 Å². The number of hydrogen-bond donors (Lipinski definition) is 0. The number of aromatic nitrogens is 2. The third kappa shape index (κ3) is 6.97. The fourth-order valence-corrected chi connectivity index (χ4v) is 3.98. The quantitative estimate of drug-likeness (QED) is 0.420. The zero-order chi connectivity index (χ0) is 25.7. The van der Waals surface area contributed by atoms with Crippen LogP contribution in [0.25, 0.3) is 6.08 Å². The lowest BCUT2D eigenvalue weighted by molar-refractivity contribution is -0.389. The molecule has 0 radical (unpaired) electrons. The van der Waals surface area contributed by atoms with Crippen LogP contribution in [-0.2, 0) is 11.3 Å². The molecular weight excluding hydrogens is 466 g/mol. The second kappa shape index (κ2) is 11.0. The zero-order valence-corrected chi connectivity index (χ0v) is 21.0. The van der Waals surface area contributed by atoms with E-state index in [-0.39, 0.29) is 24.0 Å². The molecule has 2 aliphatic rings. The fraction of sp³-hybridized carbons (Fsp3) is 0.520. The molecular formula is C25H33N5O6. The molecule has 0 saturated carbocycles. The lowest BCUT2D eigenvalue weighted by Gasteiger charge is -2.35. The molecule has 1 amide bonds. The normalized spacial score (nSPS) is 18.5. The Hall–Kier alpha value is -3.60. The van der Waals surface area contributed by atoms with Crippen molar-refractivity contribution >= 4 is 18.0 Å². The lowest BCUT2D eigenvalue weighted by Crippen LogP contribution is -2.49. The second-order valence-corrected chi connectivity index (χ2v) is 9.91. The third-order valence-corrected chi connectivity index (χ3v) is 5.89. The maximum atomic E-state index is 12.2. The third-order valence-electron chi connectivity index (χ3n) is 5.89. The summed E-state index contributed by atoms with van der Waals surface area (Å²) in [7, 11) is 0. The average Bonchev–Trinajstić information content (AvgIpc) is 3.27. The van der Waals surface area contributed by atoms with Gasteiger partial charge in [-0.2, -0.15) is 0 Å². The molecule has 1 fully saturated rings. The van der Waals surface area contributed by atoms with Crippen molar-refractivity contribution in [2.24, 2.45) is 0 Å². The molecule has 0 unspecified atom stereocenters. The summed E-state index contributed by atoms with van der Waals surface area (Å²) < 4.78 is 18.7. The first-order valence-electron chi connectivity index (χ1n) is 12.1. The molecule has 2 aromatic rings. The highest BCUT2D eigenvalue weighted by molar-refractivity contribution is 5.68. The van der Waals surface area contributed by atoms with E-state index in [0.717, 1.165) is 30.9 Å². The van der Waals surface area contributed by atoms with Crippen LogP contribution in [0.4, 0.5) is 10.6 Å². The summed E-state index contributed by atoms with van der Waals surface area (Å²) in [6.07, 6.45) is 5.81. The number of hydrogen-bond acceptors (Lipinski definition) is 8. The number of imidazole rings is 1. The molecule has 11 heteroatoms. The SMILES string of the molecule is CC(C)(C)OC(=O)N1CCN(CC=Cc2ccc(OC[C@H]3CCn4cc([N+](=O)[O-])nc4O3)cc2)CC1. The Labute approximate surface area is 210 Å². The van der Waals surface area contributed by atoms with E-state index in [2.05, 4.69) is 22.0 Å². The van der Waals surface area contributed by atoms with Gasteiger partial charge in [0.25, 0.3) is 0 Å². The predicted octanol–water partition coefficient (Wildman–Crippen LogP) is 3.59. The maximum absolute atomic E-state index is 12.2. The minimum absolute atomic E-state index is 0.210. The molecule has 0 spiro atoms. The van der Waals surface area contributed by atoms with E-state index < -0.39 is 10.5 Å². The van der Waals surface area contributed by atoms with Gasteiger partial charge in [-0.3, -0.25) is 9.47 Å². The molecule has 1 atom stereocenters. The van der Waals surface area contributed by atoms with Crippen LogP contribution in [0.15, 0.2) is 36.5 Å². The van der Waals surface area contributed by atoms with Crippen molar-refractivity contribution in [2.75, 3.05) is 39.3 Å². The molecule has 2 aliphatic heterocycles. The van der Waals surface area contributed by atoms with Crippen LogP contribution in [0.2, 0.25) is 0 Å². The molecule has 3 heterocycles. The average molecular weight is 500 g/mol. The van der Waals surface area contributed by atoms with E-state index in [1.807, 2.05) is 45.0 Å². The minimum Gasteiger partial charge on any atom is -0.490 e. The lowest BCUT2D eigenvalue weighted by atomic mass is 10.2. The number of rotatable bonds is 7. The van der Waals surface area contributed by atoms with Gasteiger partial charge in [0, 0.05) is 50.7 Å². The Kier molecular flexibility index (Phi) is 7.78. The van der Waals surface area contributed by atoms with Crippen molar-refractivity contribution in [3.05, 3.63) is 52.2 Å². The van der Waals surface area contributed by atoms with Crippen molar-refractivity contribution in [1.82, 2.24) is 19.4 Å². The molecule has 0 aliphatic carbocycles.